The number of ether oxygens (including phenoxy) is 1. The van der Waals surface area contributed by atoms with Crippen molar-refractivity contribution in [3.63, 3.8) is 0 Å². The van der Waals surface area contributed by atoms with Gasteiger partial charge in [-0.15, -0.1) is 0 Å². The van der Waals surface area contributed by atoms with E-state index < -0.39 is 6.10 Å². The Kier molecular flexibility index (Phi) is 5.98. The van der Waals surface area contributed by atoms with Gasteiger partial charge >= 0.3 is 0 Å². The number of amides is 1. The van der Waals surface area contributed by atoms with Gasteiger partial charge in [0.25, 0.3) is 5.91 Å². The molecule has 0 radical (unpaired) electrons. The van der Waals surface area contributed by atoms with Gasteiger partial charge in [-0.25, -0.2) is 5.43 Å². The molecule has 1 amide bonds. The summed E-state index contributed by atoms with van der Waals surface area (Å²) in [5.74, 6) is 0.236. The average Bonchev–Trinajstić information content (AvgIpc) is 2.51. The van der Waals surface area contributed by atoms with Crippen LogP contribution in [0.4, 0.5) is 0 Å². The van der Waals surface area contributed by atoms with Gasteiger partial charge in [0.2, 0.25) is 0 Å². The molecular weight excluding hydrogens is 368 g/mol. The van der Waals surface area contributed by atoms with E-state index in [4.69, 9.17) is 16.3 Å². The molecule has 114 valence electrons. The maximum absolute atomic E-state index is 11.9. The molecule has 0 bridgehead atoms. The van der Waals surface area contributed by atoms with Gasteiger partial charge in [0.1, 0.15) is 5.75 Å². The zero-order valence-corrected chi connectivity index (χ0v) is 14.1. The maximum Gasteiger partial charge on any atom is 0.280 e. The molecule has 2 rings (SSSR count). The molecule has 0 heterocycles. The highest BCUT2D eigenvalue weighted by molar-refractivity contribution is 9.10. The maximum atomic E-state index is 11.9. The summed E-state index contributed by atoms with van der Waals surface area (Å²) in [7, 11) is 0. The third-order valence-electron chi connectivity index (χ3n) is 2.78. The van der Waals surface area contributed by atoms with Gasteiger partial charge in [-0.1, -0.05) is 45.7 Å². The molecule has 0 aliphatic carbocycles. The highest BCUT2D eigenvalue weighted by Gasteiger charge is 2.13. The van der Waals surface area contributed by atoms with Gasteiger partial charge in [-0.3, -0.25) is 4.79 Å². The monoisotopic (exact) mass is 380 g/mol. The van der Waals surface area contributed by atoms with E-state index in [0.717, 1.165) is 10.0 Å². The van der Waals surface area contributed by atoms with E-state index >= 15 is 0 Å². The van der Waals surface area contributed by atoms with Crippen molar-refractivity contribution in [2.75, 3.05) is 0 Å². The Labute approximate surface area is 142 Å². The van der Waals surface area contributed by atoms with Crippen LogP contribution in [-0.2, 0) is 4.79 Å². The number of carbonyl (C=O) groups excluding carboxylic acids is 1. The molecule has 0 saturated carbocycles. The SMILES string of the molecule is CC(Oc1ccc(Cl)cc1)C(=O)N/N=C/c1ccccc1Br. The van der Waals surface area contributed by atoms with Crippen molar-refractivity contribution in [1.82, 2.24) is 5.43 Å². The molecule has 0 saturated heterocycles. The van der Waals surface area contributed by atoms with Gasteiger partial charge in [0, 0.05) is 15.1 Å². The van der Waals surface area contributed by atoms with Gasteiger partial charge in [-0.05, 0) is 37.3 Å². The average molecular weight is 382 g/mol. The van der Waals surface area contributed by atoms with E-state index in [1.165, 1.54) is 0 Å². The fourth-order valence-corrected chi connectivity index (χ4v) is 2.12. The van der Waals surface area contributed by atoms with Gasteiger partial charge in [-0.2, -0.15) is 5.10 Å². The summed E-state index contributed by atoms with van der Waals surface area (Å²) in [5, 5.41) is 4.54. The summed E-state index contributed by atoms with van der Waals surface area (Å²) in [4.78, 5) is 11.9. The summed E-state index contributed by atoms with van der Waals surface area (Å²) in [5.41, 5.74) is 3.32. The van der Waals surface area contributed by atoms with Crippen molar-refractivity contribution in [2.24, 2.45) is 5.10 Å². The number of hydrogen-bond donors (Lipinski definition) is 1. The zero-order chi connectivity index (χ0) is 15.9. The Morgan fingerprint density at radius 2 is 1.95 bits per heavy atom. The van der Waals surface area contributed by atoms with E-state index in [-0.39, 0.29) is 5.91 Å². The number of rotatable bonds is 5. The first-order valence-corrected chi connectivity index (χ1v) is 7.73. The number of hydrogen-bond acceptors (Lipinski definition) is 3. The molecule has 0 fully saturated rings. The molecule has 1 unspecified atom stereocenters. The lowest BCUT2D eigenvalue weighted by molar-refractivity contribution is -0.127. The Morgan fingerprint density at radius 3 is 2.64 bits per heavy atom. The normalized spacial score (nSPS) is 12.1. The standard InChI is InChI=1S/C16H14BrClN2O2/c1-11(22-14-8-6-13(18)7-9-14)16(21)20-19-10-12-4-2-3-5-15(12)17/h2-11H,1H3,(H,20,21)/b19-10+. The fraction of sp³-hybridized carbons (Fsp3) is 0.125. The zero-order valence-electron chi connectivity index (χ0n) is 11.8. The van der Waals surface area contributed by atoms with E-state index in [1.807, 2.05) is 24.3 Å². The highest BCUT2D eigenvalue weighted by Crippen LogP contribution is 2.17. The fourth-order valence-electron chi connectivity index (χ4n) is 1.61. The topological polar surface area (TPSA) is 50.7 Å². The van der Waals surface area contributed by atoms with Gasteiger partial charge in [0.15, 0.2) is 6.10 Å². The molecule has 2 aromatic rings. The number of halogens is 2. The molecule has 0 aromatic heterocycles. The Bertz CT molecular complexity index is 674. The number of hydrazone groups is 1. The lowest BCUT2D eigenvalue weighted by Gasteiger charge is -2.12. The first-order chi connectivity index (χ1) is 10.6. The minimum atomic E-state index is -0.669. The van der Waals surface area contributed by atoms with Crippen LogP contribution in [-0.4, -0.2) is 18.2 Å². The molecule has 1 N–H and O–H groups in total. The van der Waals surface area contributed by atoms with Crippen molar-refractivity contribution in [1.29, 1.82) is 0 Å². The number of carbonyl (C=O) groups is 1. The molecule has 4 nitrogen and oxygen atoms in total. The number of nitrogens with one attached hydrogen (secondary N) is 1. The number of benzene rings is 2. The van der Waals surface area contributed by atoms with Crippen LogP contribution >= 0.6 is 27.5 Å². The first-order valence-electron chi connectivity index (χ1n) is 6.56. The summed E-state index contributed by atoms with van der Waals surface area (Å²) in [6.07, 6.45) is 0.898. The summed E-state index contributed by atoms with van der Waals surface area (Å²) >= 11 is 9.20. The minimum absolute atomic E-state index is 0.335. The van der Waals surface area contributed by atoms with Crippen LogP contribution in [0.25, 0.3) is 0 Å². The third-order valence-corrected chi connectivity index (χ3v) is 3.75. The Balaban J connectivity index is 1.89. The second-order valence-corrected chi connectivity index (χ2v) is 5.76. The van der Waals surface area contributed by atoms with Crippen LogP contribution in [0.3, 0.4) is 0 Å². The number of nitrogens with zero attached hydrogens (tertiary/aromatic N) is 1. The van der Waals surface area contributed by atoms with Crippen LogP contribution in [0.5, 0.6) is 5.75 Å². The lowest BCUT2D eigenvalue weighted by atomic mass is 10.2. The first kappa shape index (κ1) is 16.5. The van der Waals surface area contributed by atoms with Crippen molar-refractivity contribution in [3.05, 3.63) is 63.6 Å². The van der Waals surface area contributed by atoms with Gasteiger partial charge in [0.05, 0.1) is 6.21 Å². The second-order valence-electron chi connectivity index (χ2n) is 4.47. The van der Waals surface area contributed by atoms with Crippen molar-refractivity contribution >= 4 is 39.7 Å². The molecular formula is C16H14BrClN2O2. The quantitative estimate of drug-likeness (QED) is 0.628. The van der Waals surface area contributed by atoms with E-state index in [0.29, 0.717) is 10.8 Å². The third kappa shape index (κ3) is 4.86. The van der Waals surface area contributed by atoms with Crippen molar-refractivity contribution in [3.8, 4) is 5.75 Å². The Hall–Kier alpha value is -1.85. The summed E-state index contributed by atoms with van der Waals surface area (Å²) in [6.45, 7) is 1.65. The largest absolute Gasteiger partial charge is 0.481 e. The molecule has 0 aliphatic heterocycles. The molecule has 0 aliphatic rings. The van der Waals surface area contributed by atoms with Crippen LogP contribution in [0.15, 0.2) is 58.1 Å². The van der Waals surface area contributed by atoms with Crippen molar-refractivity contribution < 1.29 is 9.53 Å². The van der Waals surface area contributed by atoms with Crippen LogP contribution in [0.1, 0.15) is 12.5 Å². The predicted octanol–water partition coefficient (Wildman–Crippen LogP) is 4.02. The highest BCUT2D eigenvalue weighted by atomic mass is 79.9. The van der Waals surface area contributed by atoms with E-state index in [2.05, 4.69) is 26.5 Å². The second kappa shape index (κ2) is 7.96. The molecule has 0 spiro atoms. The smallest absolute Gasteiger partial charge is 0.280 e. The lowest BCUT2D eigenvalue weighted by Crippen LogP contribution is -2.33. The Morgan fingerprint density at radius 1 is 1.27 bits per heavy atom. The van der Waals surface area contributed by atoms with Crippen molar-refractivity contribution in [2.45, 2.75) is 13.0 Å². The van der Waals surface area contributed by atoms with Gasteiger partial charge < -0.3 is 4.74 Å². The molecule has 1 atom stereocenters. The molecule has 22 heavy (non-hydrogen) atoms. The van der Waals surface area contributed by atoms with E-state index in [9.17, 15) is 4.79 Å². The van der Waals surface area contributed by atoms with Crippen LogP contribution < -0.4 is 10.2 Å². The summed E-state index contributed by atoms with van der Waals surface area (Å²) < 4.78 is 6.41. The predicted molar refractivity (Wildman–Crippen MR) is 91.4 cm³/mol. The molecule has 6 heteroatoms. The summed E-state index contributed by atoms with van der Waals surface area (Å²) in [6, 6.07) is 14.4. The van der Waals surface area contributed by atoms with Crippen LogP contribution in [0.2, 0.25) is 5.02 Å². The molecule has 2 aromatic carbocycles. The minimum Gasteiger partial charge on any atom is -0.481 e. The van der Waals surface area contributed by atoms with E-state index in [1.54, 1.807) is 37.4 Å². The van der Waals surface area contributed by atoms with Crippen LogP contribution in [0, 0.1) is 0 Å².